The fourth-order valence-electron chi connectivity index (χ4n) is 4.22. The Morgan fingerprint density at radius 3 is 2.32 bits per heavy atom. The predicted molar refractivity (Wildman–Crippen MR) is 135 cm³/mol. The topological polar surface area (TPSA) is 58.6 Å². The van der Waals surface area contributed by atoms with Gasteiger partial charge in [0.15, 0.2) is 5.82 Å². The molecule has 0 spiro atoms. The first-order valence-electron chi connectivity index (χ1n) is 11.7. The molecule has 1 saturated heterocycles. The Morgan fingerprint density at radius 2 is 1.56 bits per heavy atom. The molecule has 0 saturated carbocycles. The van der Waals surface area contributed by atoms with Crippen LogP contribution in [0.5, 0.6) is 0 Å². The molecule has 34 heavy (non-hydrogen) atoms. The molecule has 1 fully saturated rings. The lowest BCUT2D eigenvalue weighted by Crippen LogP contribution is -2.50. The van der Waals surface area contributed by atoms with Gasteiger partial charge in [-0.2, -0.15) is 0 Å². The number of carbonyl (C=O) groups excluding carboxylic acids is 1. The van der Waals surface area contributed by atoms with E-state index in [0.717, 1.165) is 46.8 Å². The summed E-state index contributed by atoms with van der Waals surface area (Å²) in [7, 11) is 0. The number of piperazine rings is 1. The molecule has 6 heteroatoms. The highest BCUT2D eigenvalue weighted by molar-refractivity contribution is 5.91. The first-order valence-corrected chi connectivity index (χ1v) is 11.7. The molecule has 0 bridgehead atoms. The minimum absolute atomic E-state index is 0.0310. The van der Waals surface area contributed by atoms with Gasteiger partial charge in [0.05, 0.1) is 12.1 Å². The molecule has 1 aromatic heterocycles. The van der Waals surface area contributed by atoms with Gasteiger partial charge in [0.1, 0.15) is 12.4 Å². The zero-order valence-electron chi connectivity index (χ0n) is 19.4. The highest BCUT2D eigenvalue weighted by atomic mass is 16.5. The first-order chi connectivity index (χ1) is 16.7. The van der Waals surface area contributed by atoms with E-state index in [-0.39, 0.29) is 12.5 Å². The van der Waals surface area contributed by atoms with E-state index >= 15 is 0 Å². The van der Waals surface area contributed by atoms with Crippen molar-refractivity contribution in [1.29, 1.82) is 0 Å². The number of hydrogen-bond donors (Lipinski definition) is 0. The lowest BCUT2D eigenvalue weighted by atomic mass is 10.1. The van der Waals surface area contributed by atoms with Crippen LogP contribution in [0.15, 0.2) is 78.9 Å². The van der Waals surface area contributed by atoms with Crippen LogP contribution in [0.3, 0.4) is 0 Å². The average Bonchev–Trinajstić information content (AvgIpc) is 2.89. The van der Waals surface area contributed by atoms with Crippen molar-refractivity contribution in [3.8, 4) is 11.4 Å². The van der Waals surface area contributed by atoms with E-state index in [1.165, 1.54) is 5.56 Å². The number of fused-ring (bicyclic) bond motifs is 1. The van der Waals surface area contributed by atoms with E-state index in [1.54, 1.807) is 0 Å². The van der Waals surface area contributed by atoms with Gasteiger partial charge >= 0.3 is 0 Å². The van der Waals surface area contributed by atoms with Crippen LogP contribution in [0.1, 0.15) is 11.1 Å². The number of nitrogens with zero attached hydrogens (tertiary/aromatic N) is 4. The SMILES string of the molecule is Cc1ccc(-c2nc(N3CCN(C(=O)COCc4ccccc4)CC3)c3ccccc3n2)cc1. The van der Waals surface area contributed by atoms with Crippen molar-refractivity contribution in [3.63, 3.8) is 0 Å². The molecule has 0 radical (unpaired) electrons. The summed E-state index contributed by atoms with van der Waals surface area (Å²) in [5.41, 5.74) is 4.20. The van der Waals surface area contributed by atoms with Gasteiger partial charge in [-0.05, 0) is 24.6 Å². The highest BCUT2D eigenvalue weighted by Crippen LogP contribution is 2.28. The fourth-order valence-corrected chi connectivity index (χ4v) is 4.22. The van der Waals surface area contributed by atoms with Crippen LogP contribution in [0.2, 0.25) is 0 Å². The molecule has 4 aromatic rings. The van der Waals surface area contributed by atoms with Crippen molar-refractivity contribution in [2.75, 3.05) is 37.7 Å². The van der Waals surface area contributed by atoms with Crippen molar-refractivity contribution in [2.45, 2.75) is 13.5 Å². The van der Waals surface area contributed by atoms with Crippen molar-refractivity contribution >= 4 is 22.6 Å². The van der Waals surface area contributed by atoms with Crippen LogP contribution in [-0.2, 0) is 16.1 Å². The number of carbonyl (C=O) groups is 1. The van der Waals surface area contributed by atoms with E-state index < -0.39 is 0 Å². The number of aromatic nitrogens is 2. The molecule has 0 unspecified atom stereocenters. The van der Waals surface area contributed by atoms with Crippen LogP contribution >= 0.6 is 0 Å². The molecule has 172 valence electrons. The van der Waals surface area contributed by atoms with E-state index in [2.05, 4.69) is 42.2 Å². The van der Waals surface area contributed by atoms with E-state index in [4.69, 9.17) is 14.7 Å². The standard InChI is InChI=1S/C28H28N4O2/c1-21-11-13-23(14-12-21)27-29-25-10-6-5-9-24(25)28(30-27)32-17-15-31(16-18-32)26(33)20-34-19-22-7-3-2-4-8-22/h2-14H,15-20H2,1H3. The summed E-state index contributed by atoms with van der Waals surface area (Å²) in [5, 5.41) is 1.03. The number of rotatable bonds is 6. The molecule has 0 atom stereocenters. The quantitative estimate of drug-likeness (QED) is 0.432. The van der Waals surface area contributed by atoms with E-state index in [1.807, 2.05) is 53.4 Å². The van der Waals surface area contributed by atoms with E-state index in [0.29, 0.717) is 19.7 Å². The summed E-state index contributed by atoms with van der Waals surface area (Å²) in [4.78, 5) is 26.6. The Kier molecular flexibility index (Phi) is 6.49. The minimum Gasteiger partial charge on any atom is -0.367 e. The number of ether oxygens (including phenoxy) is 1. The Labute approximate surface area is 199 Å². The molecule has 1 amide bonds. The fraction of sp³-hybridized carbons (Fsp3) is 0.250. The number of amides is 1. The van der Waals surface area contributed by atoms with Crippen molar-refractivity contribution in [1.82, 2.24) is 14.9 Å². The third kappa shape index (κ3) is 4.92. The van der Waals surface area contributed by atoms with Gasteiger partial charge < -0.3 is 14.5 Å². The van der Waals surface area contributed by atoms with E-state index in [9.17, 15) is 4.79 Å². The van der Waals surface area contributed by atoms with Gasteiger partial charge in [0.2, 0.25) is 5.91 Å². The molecule has 0 aliphatic carbocycles. The van der Waals surface area contributed by atoms with Gasteiger partial charge in [-0.1, -0.05) is 72.3 Å². The zero-order valence-corrected chi connectivity index (χ0v) is 19.4. The van der Waals surface area contributed by atoms with Crippen LogP contribution in [0.4, 0.5) is 5.82 Å². The Morgan fingerprint density at radius 1 is 0.853 bits per heavy atom. The molecular weight excluding hydrogens is 424 g/mol. The molecular formula is C28H28N4O2. The number of para-hydroxylation sites is 1. The maximum absolute atomic E-state index is 12.7. The van der Waals surface area contributed by atoms with Crippen molar-refractivity contribution < 1.29 is 9.53 Å². The molecule has 2 heterocycles. The van der Waals surface area contributed by atoms with Gasteiger partial charge in [-0.15, -0.1) is 0 Å². The van der Waals surface area contributed by atoms with Gasteiger partial charge in [-0.25, -0.2) is 9.97 Å². The average molecular weight is 453 g/mol. The predicted octanol–water partition coefficient (Wildman–Crippen LogP) is 4.47. The van der Waals surface area contributed by atoms with Gasteiger partial charge in [-0.3, -0.25) is 4.79 Å². The normalized spacial score (nSPS) is 13.9. The summed E-state index contributed by atoms with van der Waals surface area (Å²) in [6.07, 6.45) is 0. The second-order valence-electron chi connectivity index (χ2n) is 8.60. The number of benzene rings is 3. The van der Waals surface area contributed by atoms with Crippen LogP contribution in [0.25, 0.3) is 22.3 Å². The molecule has 1 aliphatic heterocycles. The second kappa shape index (κ2) is 10.0. The zero-order chi connectivity index (χ0) is 23.3. The smallest absolute Gasteiger partial charge is 0.248 e. The maximum atomic E-state index is 12.7. The lowest BCUT2D eigenvalue weighted by Gasteiger charge is -2.36. The summed E-state index contributed by atoms with van der Waals surface area (Å²) in [5.74, 6) is 1.68. The first kappa shape index (κ1) is 22.0. The maximum Gasteiger partial charge on any atom is 0.248 e. The van der Waals surface area contributed by atoms with Crippen LogP contribution in [-0.4, -0.2) is 53.6 Å². The molecule has 0 N–H and O–H groups in total. The summed E-state index contributed by atoms with van der Waals surface area (Å²) in [6.45, 7) is 5.35. The minimum atomic E-state index is 0.0310. The Hall–Kier alpha value is -3.77. The molecule has 5 rings (SSSR count). The molecule has 3 aromatic carbocycles. The third-order valence-corrected chi connectivity index (χ3v) is 6.16. The highest BCUT2D eigenvalue weighted by Gasteiger charge is 2.24. The van der Waals surface area contributed by atoms with Gasteiger partial charge in [0, 0.05) is 37.1 Å². The summed E-state index contributed by atoms with van der Waals surface area (Å²) < 4.78 is 5.65. The molecule has 1 aliphatic rings. The summed E-state index contributed by atoms with van der Waals surface area (Å²) >= 11 is 0. The lowest BCUT2D eigenvalue weighted by molar-refractivity contribution is -0.136. The third-order valence-electron chi connectivity index (χ3n) is 6.16. The monoisotopic (exact) mass is 452 g/mol. The van der Waals surface area contributed by atoms with Crippen molar-refractivity contribution in [2.24, 2.45) is 0 Å². The Balaban J connectivity index is 1.27. The van der Waals surface area contributed by atoms with Crippen LogP contribution in [0, 0.1) is 6.92 Å². The Bertz CT molecular complexity index is 1270. The van der Waals surface area contributed by atoms with Crippen molar-refractivity contribution in [3.05, 3.63) is 90.0 Å². The number of aryl methyl sites for hydroxylation is 1. The van der Waals surface area contributed by atoms with Gasteiger partial charge in [0.25, 0.3) is 0 Å². The molecule has 6 nitrogen and oxygen atoms in total. The summed E-state index contributed by atoms with van der Waals surface area (Å²) in [6, 6.07) is 26.3. The number of anilines is 1. The second-order valence-corrected chi connectivity index (χ2v) is 8.60. The largest absolute Gasteiger partial charge is 0.367 e. The number of hydrogen-bond acceptors (Lipinski definition) is 5. The van der Waals surface area contributed by atoms with Crippen LogP contribution < -0.4 is 4.90 Å².